The number of nitrogens with one attached hydrogen (secondary N) is 2. The Morgan fingerprint density at radius 1 is 1.19 bits per heavy atom. The van der Waals surface area contributed by atoms with Crippen LogP contribution in [0.1, 0.15) is 13.8 Å². The number of amides is 1. The zero-order chi connectivity index (χ0) is 18.3. The van der Waals surface area contributed by atoms with Gasteiger partial charge in [-0.3, -0.25) is 9.89 Å². The molecule has 4 aromatic rings. The molecule has 0 aliphatic heterocycles. The maximum atomic E-state index is 12.2. The van der Waals surface area contributed by atoms with Crippen LogP contribution in [0.15, 0.2) is 48.5 Å². The molecule has 2 aromatic carbocycles. The number of aromatic nitrogens is 2. The van der Waals surface area contributed by atoms with Crippen molar-refractivity contribution in [2.75, 3.05) is 5.32 Å². The fraction of sp³-hybridized carbons (Fsp3) is 0.200. The van der Waals surface area contributed by atoms with Crippen molar-refractivity contribution in [2.45, 2.75) is 19.9 Å². The Bertz CT molecular complexity index is 1060. The third kappa shape index (κ3) is 2.98. The molecule has 0 bridgehead atoms. The zero-order valence-corrected chi connectivity index (χ0v) is 15.4. The number of nitrogens with two attached hydrogens (primary N) is 1. The molecule has 0 aliphatic carbocycles. The summed E-state index contributed by atoms with van der Waals surface area (Å²) in [5.41, 5.74) is 8.49. The Balaban J connectivity index is 1.72. The molecule has 5 nitrogen and oxygen atoms in total. The average molecular weight is 364 g/mol. The first kappa shape index (κ1) is 16.8. The molecule has 6 heteroatoms. The number of aromatic amines is 1. The van der Waals surface area contributed by atoms with Gasteiger partial charge in [-0.05, 0) is 41.6 Å². The standard InChI is InChI=1S/C20H20N4OS/c1-11(2)18(21)20(25)22-13-7-8-15-14(10-13)19(24-23-15)17-9-12-5-3-4-6-16(12)26-17/h3-11,18H,21H2,1-2H3,(H,22,25)(H,23,24)/t18-/m1/s1. The Kier molecular flexibility index (Phi) is 4.22. The van der Waals surface area contributed by atoms with Crippen LogP contribution in [-0.2, 0) is 4.79 Å². The van der Waals surface area contributed by atoms with E-state index in [0.717, 1.165) is 27.2 Å². The summed E-state index contributed by atoms with van der Waals surface area (Å²) in [5.74, 6) is -0.0898. The van der Waals surface area contributed by atoms with E-state index in [1.807, 2.05) is 44.2 Å². The van der Waals surface area contributed by atoms with E-state index in [-0.39, 0.29) is 11.8 Å². The van der Waals surface area contributed by atoms with Crippen LogP contribution in [0.2, 0.25) is 0 Å². The van der Waals surface area contributed by atoms with Gasteiger partial charge in [0.05, 0.1) is 16.4 Å². The number of nitrogens with zero attached hydrogens (tertiary/aromatic N) is 1. The molecule has 0 radical (unpaired) electrons. The van der Waals surface area contributed by atoms with Gasteiger partial charge in [-0.25, -0.2) is 0 Å². The number of benzene rings is 2. The van der Waals surface area contributed by atoms with Gasteiger partial charge in [0.1, 0.15) is 5.69 Å². The normalized spacial score (nSPS) is 12.8. The fourth-order valence-electron chi connectivity index (χ4n) is 2.91. The van der Waals surface area contributed by atoms with Gasteiger partial charge in [0.15, 0.2) is 0 Å². The topological polar surface area (TPSA) is 83.8 Å². The quantitative estimate of drug-likeness (QED) is 0.503. The largest absolute Gasteiger partial charge is 0.325 e. The van der Waals surface area contributed by atoms with Gasteiger partial charge in [-0.15, -0.1) is 11.3 Å². The number of carbonyl (C=O) groups excluding carboxylic acids is 1. The van der Waals surface area contributed by atoms with E-state index < -0.39 is 6.04 Å². The second kappa shape index (κ2) is 6.55. The summed E-state index contributed by atoms with van der Waals surface area (Å²) in [6.07, 6.45) is 0. The Morgan fingerprint density at radius 3 is 2.77 bits per heavy atom. The van der Waals surface area contributed by atoms with E-state index in [9.17, 15) is 4.79 Å². The summed E-state index contributed by atoms with van der Waals surface area (Å²) < 4.78 is 1.23. The van der Waals surface area contributed by atoms with Crippen molar-refractivity contribution in [2.24, 2.45) is 11.7 Å². The van der Waals surface area contributed by atoms with Gasteiger partial charge >= 0.3 is 0 Å². The van der Waals surface area contributed by atoms with Gasteiger partial charge in [-0.1, -0.05) is 32.0 Å². The van der Waals surface area contributed by atoms with Crippen molar-refractivity contribution in [3.05, 3.63) is 48.5 Å². The van der Waals surface area contributed by atoms with E-state index in [1.54, 1.807) is 11.3 Å². The van der Waals surface area contributed by atoms with Gasteiger partial charge in [0, 0.05) is 15.8 Å². The van der Waals surface area contributed by atoms with Crippen LogP contribution in [0.5, 0.6) is 0 Å². The molecule has 132 valence electrons. The Labute approximate surface area is 155 Å². The highest BCUT2D eigenvalue weighted by molar-refractivity contribution is 7.22. The van der Waals surface area contributed by atoms with E-state index in [2.05, 4.69) is 33.7 Å². The van der Waals surface area contributed by atoms with E-state index in [0.29, 0.717) is 0 Å². The predicted molar refractivity (Wildman–Crippen MR) is 108 cm³/mol. The molecular formula is C20H20N4OS. The molecule has 1 atom stereocenters. The summed E-state index contributed by atoms with van der Waals surface area (Å²) in [6.45, 7) is 3.87. The summed E-state index contributed by atoms with van der Waals surface area (Å²) in [5, 5.41) is 12.7. The zero-order valence-electron chi connectivity index (χ0n) is 14.6. The first-order valence-corrected chi connectivity index (χ1v) is 9.38. The molecular weight excluding hydrogens is 344 g/mol. The molecule has 26 heavy (non-hydrogen) atoms. The van der Waals surface area contributed by atoms with Crippen molar-refractivity contribution < 1.29 is 4.79 Å². The number of rotatable bonds is 4. The highest BCUT2D eigenvalue weighted by Gasteiger charge is 2.18. The molecule has 0 fully saturated rings. The van der Waals surface area contributed by atoms with Crippen molar-refractivity contribution >= 4 is 43.9 Å². The summed E-state index contributed by atoms with van der Waals surface area (Å²) in [6, 6.07) is 15.6. The minimum absolute atomic E-state index is 0.0850. The number of hydrogen-bond donors (Lipinski definition) is 3. The van der Waals surface area contributed by atoms with E-state index >= 15 is 0 Å². The lowest BCUT2D eigenvalue weighted by molar-refractivity contribution is -0.118. The van der Waals surface area contributed by atoms with Crippen LogP contribution < -0.4 is 11.1 Å². The Hall–Kier alpha value is -2.70. The second-order valence-electron chi connectivity index (χ2n) is 6.74. The highest BCUT2D eigenvalue weighted by atomic mass is 32.1. The van der Waals surface area contributed by atoms with Crippen LogP contribution >= 0.6 is 11.3 Å². The fourth-order valence-corrected chi connectivity index (χ4v) is 3.97. The van der Waals surface area contributed by atoms with Gasteiger partial charge < -0.3 is 11.1 Å². The second-order valence-corrected chi connectivity index (χ2v) is 7.82. The minimum atomic E-state index is -0.530. The van der Waals surface area contributed by atoms with Gasteiger partial charge in [0.2, 0.25) is 5.91 Å². The molecule has 2 aromatic heterocycles. The molecule has 0 saturated heterocycles. The van der Waals surface area contributed by atoms with Crippen LogP contribution in [0.25, 0.3) is 31.6 Å². The molecule has 0 spiro atoms. The minimum Gasteiger partial charge on any atom is -0.325 e. The first-order chi connectivity index (χ1) is 12.5. The van der Waals surface area contributed by atoms with Crippen LogP contribution in [0.3, 0.4) is 0 Å². The summed E-state index contributed by atoms with van der Waals surface area (Å²) >= 11 is 1.71. The van der Waals surface area contributed by atoms with Gasteiger partial charge in [-0.2, -0.15) is 5.10 Å². The summed E-state index contributed by atoms with van der Waals surface area (Å²) in [7, 11) is 0. The van der Waals surface area contributed by atoms with Crippen molar-refractivity contribution in [3.8, 4) is 10.6 Å². The predicted octanol–water partition coefficient (Wildman–Crippen LogP) is 4.37. The lowest BCUT2D eigenvalue weighted by Crippen LogP contribution is -2.39. The third-order valence-electron chi connectivity index (χ3n) is 4.51. The Morgan fingerprint density at radius 2 is 2.00 bits per heavy atom. The maximum Gasteiger partial charge on any atom is 0.241 e. The number of carbonyl (C=O) groups is 1. The van der Waals surface area contributed by atoms with Crippen LogP contribution in [0, 0.1) is 5.92 Å². The lowest BCUT2D eigenvalue weighted by atomic mass is 10.0. The van der Waals surface area contributed by atoms with Gasteiger partial charge in [0.25, 0.3) is 0 Å². The molecule has 0 aliphatic rings. The molecule has 4 rings (SSSR count). The van der Waals surface area contributed by atoms with Crippen LogP contribution in [-0.4, -0.2) is 22.1 Å². The SMILES string of the molecule is CC(C)[C@@H](N)C(=O)Nc1ccc2[nH]nc(-c3cc4ccccc4s3)c2c1. The molecule has 4 N–H and O–H groups in total. The van der Waals surface area contributed by atoms with Crippen molar-refractivity contribution in [3.63, 3.8) is 0 Å². The number of fused-ring (bicyclic) bond motifs is 2. The summed E-state index contributed by atoms with van der Waals surface area (Å²) in [4.78, 5) is 13.3. The van der Waals surface area contributed by atoms with E-state index in [4.69, 9.17) is 5.73 Å². The highest BCUT2D eigenvalue weighted by Crippen LogP contribution is 2.36. The van der Waals surface area contributed by atoms with Crippen molar-refractivity contribution in [1.82, 2.24) is 10.2 Å². The maximum absolute atomic E-state index is 12.2. The number of anilines is 1. The first-order valence-electron chi connectivity index (χ1n) is 8.56. The number of H-pyrrole nitrogens is 1. The molecule has 1 amide bonds. The number of thiophene rings is 1. The van der Waals surface area contributed by atoms with Crippen LogP contribution in [0.4, 0.5) is 5.69 Å². The average Bonchev–Trinajstić information content (AvgIpc) is 3.23. The van der Waals surface area contributed by atoms with Crippen molar-refractivity contribution in [1.29, 1.82) is 0 Å². The monoisotopic (exact) mass is 364 g/mol. The molecule has 0 unspecified atom stereocenters. The van der Waals surface area contributed by atoms with E-state index in [1.165, 1.54) is 10.1 Å². The smallest absolute Gasteiger partial charge is 0.241 e. The lowest BCUT2D eigenvalue weighted by Gasteiger charge is -2.15. The molecule has 2 heterocycles. The number of hydrogen-bond acceptors (Lipinski definition) is 4. The third-order valence-corrected chi connectivity index (χ3v) is 5.63. The molecule has 0 saturated carbocycles.